The van der Waals surface area contributed by atoms with Crippen molar-refractivity contribution in [2.45, 2.75) is 17.7 Å². The summed E-state index contributed by atoms with van der Waals surface area (Å²) in [7, 11) is 0.274. The minimum absolute atomic E-state index is 0.133. The summed E-state index contributed by atoms with van der Waals surface area (Å²) in [6.07, 6.45) is 2.25. The average molecular weight is 488 g/mol. The molecule has 1 amide bonds. The number of hydrogen-bond donors (Lipinski definition) is 0. The first-order valence-corrected chi connectivity index (χ1v) is 14.2. The molecule has 0 unspecified atom stereocenters. The van der Waals surface area contributed by atoms with E-state index in [1.807, 2.05) is 43.4 Å². The summed E-state index contributed by atoms with van der Waals surface area (Å²) in [6, 6.07) is 14.8. The van der Waals surface area contributed by atoms with Crippen molar-refractivity contribution in [1.29, 1.82) is 0 Å². The van der Waals surface area contributed by atoms with Crippen LogP contribution < -0.4 is 0 Å². The van der Waals surface area contributed by atoms with Gasteiger partial charge in [0.2, 0.25) is 10.0 Å². The highest BCUT2D eigenvalue weighted by Crippen LogP contribution is 2.28. The molecule has 0 saturated carbocycles. The quantitative estimate of drug-likeness (QED) is 0.624. The number of thioether (sulfide) groups is 1. The number of sulfonamides is 1. The smallest absolute Gasteiger partial charge is 0.253 e. The standard InChI is InChI=1S/C25H33N3O3S2/c1-26-10-6-7-20(18-26)19-27(2)25(29)23-15-22(21-8-4-3-5-9-21)16-24(17-23)33(30,31)28-11-13-32-14-12-28/h3-5,8-9,15-17,20H,6-7,10-14,18-19H2,1-2H3/t20-/m0/s1. The molecular weight excluding hydrogens is 454 g/mol. The van der Waals surface area contributed by atoms with E-state index >= 15 is 0 Å². The Kier molecular flexibility index (Phi) is 7.79. The van der Waals surface area contributed by atoms with Crippen LogP contribution in [-0.2, 0) is 10.0 Å². The molecule has 8 heteroatoms. The molecule has 0 N–H and O–H groups in total. The van der Waals surface area contributed by atoms with Gasteiger partial charge in [0.05, 0.1) is 4.90 Å². The van der Waals surface area contributed by atoms with Crippen LogP contribution in [0.5, 0.6) is 0 Å². The first-order chi connectivity index (χ1) is 15.8. The molecule has 6 nitrogen and oxygen atoms in total. The predicted molar refractivity (Wildman–Crippen MR) is 135 cm³/mol. The van der Waals surface area contributed by atoms with Gasteiger partial charge in [0, 0.05) is 50.3 Å². The third kappa shape index (κ3) is 5.80. The maximum Gasteiger partial charge on any atom is 0.253 e. The minimum Gasteiger partial charge on any atom is -0.341 e. The lowest BCUT2D eigenvalue weighted by molar-refractivity contribution is 0.0740. The van der Waals surface area contributed by atoms with E-state index in [2.05, 4.69) is 11.9 Å². The Hall–Kier alpha value is -1.87. The molecule has 2 heterocycles. The van der Waals surface area contributed by atoms with Gasteiger partial charge in [-0.15, -0.1) is 0 Å². The second kappa shape index (κ2) is 10.6. The molecule has 2 aromatic rings. The Morgan fingerprint density at radius 3 is 2.48 bits per heavy atom. The molecule has 0 aromatic heterocycles. The molecule has 2 saturated heterocycles. The molecular formula is C25H33N3O3S2. The van der Waals surface area contributed by atoms with Crippen LogP contribution in [0.3, 0.4) is 0 Å². The molecule has 4 rings (SSSR count). The average Bonchev–Trinajstić information content (AvgIpc) is 2.84. The third-order valence-electron chi connectivity index (χ3n) is 6.47. The van der Waals surface area contributed by atoms with E-state index in [0.717, 1.165) is 48.6 Å². The van der Waals surface area contributed by atoms with Crippen LogP contribution in [0, 0.1) is 5.92 Å². The number of amides is 1. The number of nitrogens with zero attached hydrogens (tertiary/aromatic N) is 3. The van der Waals surface area contributed by atoms with Crippen LogP contribution in [-0.4, -0.2) is 86.8 Å². The SMILES string of the molecule is CN1CCC[C@H](CN(C)C(=O)c2cc(-c3ccccc3)cc(S(=O)(=O)N3CCSCC3)c2)C1. The monoisotopic (exact) mass is 487 g/mol. The van der Waals surface area contributed by atoms with Crippen LogP contribution in [0.2, 0.25) is 0 Å². The van der Waals surface area contributed by atoms with Gasteiger partial charge >= 0.3 is 0 Å². The molecule has 2 aliphatic rings. The summed E-state index contributed by atoms with van der Waals surface area (Å²) in [5, 5.41) is 0. The highest BCUT2D eigenvalue weighted by molar-refractivity contribution is 7.99. The normalized spacial score (nSPS) is 20.5. The van der Waals surface area contributed by atoms with E-state index < -0.39 is 10.0 Å². The van der Waals surface area contributed by atoms with Crippen molar-refractivity contribution in [2.24, 2.45) is 5.92 Å². The zero-order chi connectivity index (χ0) is 23.4. The number of carbonyl (C=O) groups excluding carboxylic acids is 1. The Balaban J connectivity index is 1.66. The topological polar surface area (TPSA) is 60.9 Å². The van der Waals surface area contributed by atoms with E-state index in [-0.39, 0.29) is 10.8 Å². The summed E-state index contributed by atoms with van der Waals surface area (Å²) in [5.41, 5.74) is 2.07. The first kappa shape index (κ1) is 24.3. The highest BCUT2D eigenvalue weighted by atomic mass is 32.2. The summed E-state index contributed by atoms with van der Waals surface area (Å²) in [4.78, 5) is 17.7. The second-order valence-corrected chi connectivity index (χ2v) is 12.2. The van der Waals surface area contributed by atoms with E-state index in [1.54, 1.807) is 33.1 Å². The van der Waals surface area contributed by atoms with Crippen LogP contribution in [0.15, 0.2) is 53.4 Å². The molecule has 1 atom stereocenters. The van der Waals surface area contributed by atoms with Crippen LogP contribution in [0.1, 0.15) is 23.2 Å². The predicted octanol–water partition coefficient (Wildman–Crippen LogP) is 3.50. The van der Waals surface area contributed by atoms with Crippen molar-refractivity contribution in [2.75, 3.05) is 58.3 Å². The molecule has 33 heavy (non-hydrogen) atoms. The number of benzene rings is 2. The molecule has 2 aliphatic heterocycles. The van der Waals surface area contributed by atoms with Crippen molar-refractivity contribution in [3.8, 4) is 11.1 Å². The van der Waals surface area contributed by atoms with E-state index in [4.69, 9.17) is 0 Å². The lowest BCUT2D eigenvalue weighted by atomic mass is 9.97. The van der Waals surface area contributed by atoms with Crippen molar-refractivity contribution < 1.29 is 13.2 Å². The Labute approximate surface area is 202 Å². The molecule has 0 radical (unpaired) electrons. The zero-order valence-corrected chi connectivity index (χ0v) is 21.1. The van der Waals surface area contributed by atoms with Crippen LogP contribution in [0.4, 0.5) is 0 Å². The number of carbonyl (C=O) groups is 1. The Morgan fingerprint density at radius 1 is 1.06 bits per heavy atom. The van der Waals surface area contributed by atoms with Crippen molar-refractivity contribution in [1.82, 2.24) is 14.1 Å². The fraction of sp³-hybridized carbons (Fsp3) is 0.480. The van der Waals surface area contributed by atoms with Crippen molar-refractivity contribution in [3.05, 3.63) is 54.1 Å². The van der Waals surface area contributed by atoms with E-state index in [9.17, 15) is 13.2 Å². The van der Waals surface area contributed by atoms with Gasteiger partial charge in [0.1, 0.15) is 0 Å². The minimum atomic E-state index is -3.67. The summed E-state index contributed by atoms with van der Waals surface area (Å²) >= 11 is 1.77. The molecule has 0 aliphatic carbocycles. The van der Waals surface area contributed by atoms with Gasteiger partial charge in [0.15, 0.2) is 0 Å². The van der Waals surface area contributed by atoms with Crippen LogP contribution in [0.25, 0.3) is 11.1 Å². The number of piperidine rings is 1. The van der Waals surface area contributed by atoms with Gasteiger partial charge in [-0.05, 0) is 61.7 Å². The molecule has 2 fully saturated rings. The summed E-state index contributed by atoms with van der Waals surface area (Å²) < 4.78 is 28.5. The van der Waals surface area contributed by atoms with Gasteiger partial charge in [-0.25, -0.2) is 8.42 Å². The third-order valence-corrected chi connectivity index (χ3v) is 9.29. The van der Waals surface area contributed by atoms with Gasteiger partial charge in [-0.2, -0.15) is 16.1 Å². The van der Waals surface area contributed by atoms with Crippen LogP contribution >= 0.6 is 11.8 Å². The first-order valence-electron chi connectivity index (χ1n) is 11.6. The van der Waals surface area contributed by atoms with Gasteiger partial charge < -0.3 is 9.80 Å². The Morgan fingerprint density at radius 2 is 1.79 bits per heavy atom. The number of hydrogen-bond acceptors (Lipinski definition) is 5. The lowest BCUT2D eigenvalue weighted by Crippen LogP contribution is -2.40. The fourth-order valence-electron chi connectivity index (χ4n) is 4.72. The maximum absolute atomic E-state index is 13.5. The van der Waals surface area contributed by atoms with Crippen molar-refractivity contribution in [3.63, 3.8) is 0 Å². The summed E-state index contributed by atoms with van der Waals surface area (Å²) in [6.45, 7) is 3.75. The largest absolute Gasteiger partial charge is 0.341 e. The van der Waals surface area contributed by atoms with E-state index in [1.165, 1.54) is 0 Å². The molecule has 0 bridgehead atoms. The molecule has 2 aromatic carbocycles. The van der Waals surface area contributed by atoms with Crippen molar-refractivity contribution >= 4 is 27.7 Å². The van der Waals surface area contributed by atoms with Gasteiger partial charge in [-0.1, -0.05) is 30.3 Å². The molecule has 0 spiro atoms. The maximum atomic E-state index is 13.5. The van der Waals surface area contributed by atoms with Gasteiger partial charge in [0.25, 0.3) is 5.91 Å². The zero-order valence-electron chi connectivity index (χ0n) is 19.4. The number of rotatable bonds is 6. The van der Waals surface area contributed by atoms with Gasteiger partial charge in [-0.3, -0.25) is 4.79 Å². The number of likely N-dealkylation sites (tertiary alicyclic amines) is 1. The highest BCUT2D eigenvalue weighted by Gasteiger charge is 2.28. The Bertz CT molecular complexity index is 1070. The summed E-state index contributed by atoms with van der Waals surface area (Å²) in [5.74, 6) is 1.89. The second-order valence-electron chi connectivity index (χ2n) is 9.08. The fourth-order valence-corrected chi connectivity index (χ4v) is 7.37. The lowest BCUT2D eigenvalue weighted by Gasteiger charge is -2.32. The molecule has 178 valence electrons. The van der Waals surface area contributed by atoms with E-state index in [0.29, 0.717) is 31.1 Å².